The summed E-state index contributed by atoms with van der Waals surface area (Å²) >= 11 is 0. The number of benzene rings is 2. The molecular formula is C21H23FN2O4S. The smallest absolute Gasteiger partial charge is 0.224 e. The molecule has 6 nitrogen and oxygen atoms in total. The first-order valence-electron chi connectivity index (χ1n) is 9.34. The van der Waals surface area contributed by atoms with E-state index in [4.69, 9.17) is 0 Å². The summed E-state index contributed by atoms with van der Waals surface area (Å²) < 4.78 is 38.2. The molecule has 0 spiro atoms. The molecule has 0 unspecified atom stereocenters. The van der Waals surface area contributed by atoms with Crippen LogP contribution in [0.25, 0.3) is 0 Å². The number of hydrogen-bond donors (Lipinski definition) is 1. The van der Waals surface area contributed by atoms with E-state index in [1.807, 2.05) is 6.92 Å². The fraction of sp³-hybridized carbons (Fsp3) is 0.333. The van der Waals surface area contributed by atoms with Crippen molar-refractivity contribution in [2.45, 2.75) is 44.2 Å². The van der Waals surface area contributed by atoms with Crippen molar-refractivity contribution < 1.29 is 22.4 Å². The lowest BCUT2D eigenvalue weighted by Gasteiger charge is -2.20. The highest BCUT2D eigenvalue weighted by molar-refractivity contribution is 7.91. The second-order valence-electron chi connectivity index (χ2n) is 7.20. The first kappa shape index (κ1) is 21.0. The van der Waals surface area contributed by atoms with Gasteiger partial charge in [-0.3, -0.25) is 9.59 Å². The molecule has 1 heterocycles. The molecule has 0 fully saturated rings. The van der Waals surface area contributed by atoms with Crippen molar-refractivity contribution in [1.29, 1.82) is 0 Å². The van der Waals surface area contributed by atoms with E-state index >= 15 is 0 Å². The number of rotatable bonds is 6. The monoisotopic (exact) mass is 418 g/mol. The van der Waals surface area contributed by atoms with E-state index in [0.717, 1.165) is 16.8 Å². The Kier molecular flexibility index (Phi) is 6.02. The maximum Gasteiger partial charge on any atom is 0.224 e. The number of sulfone groups is 1. The zero-order valence-electron chi connectivity index (χ0n) is 16.3. The number of carbonyl (C=O) groups is 2. The average molecular weight is 418 g/mol. The number of carbonyl (C=O) groups excluding carboxylic acids is 2. The fourth-order valence-electron chi connectivity index (χ4n) is 3.52. The molecule has 1 N–H and O–H groups in total. The lowest BCUT2D eigenvalue weighted by molar-refractivity contribution is -0.121. The van der Waals surface area contributed by atoms with Crippen LogP contribution in [-0.4, -0.2) is 32.0 Å². The van der Waals surface area contributed by atoms with Crippen molar-refractivity contribution in [3.05, 3.63) is 59.4 Å². The van der Waals surface area contributed by atoms with Crippen LogP contribution in [0.4, 0.5) is 10.1 Å². The van der Waals surface area contributed by atoms with Crippen LogP contribution in [-0.2, 0) is 32.4 Å². The number of hydrogen-bond acceptors (Lipinski definition) is 4. The Morgan fingerprint density at radius 1 is 1.17 bits per heavy atom. The molecule has 0 saturated heterocycles. The molecule has 2 amide bonds. The Morgan fingerprint density at radius 3 is 2.52 bits per heavy atom. The first-order valence-corrected chi connectivity index (χ1v) is 11.0. The predicted molar refractivity (Wildman–Crippen MR) is 108 cm³/mol. The summed E-state index contributed by atoms with van der Waals surface area (Å²) in [5, 5.41) is 2.64. The van der Waals surface area contributed by atoms with Crippen LogP contribution in [0, 0.1) is 5.82 Å². The summed E-state index contributed by atoms with van der Waals surface area (Å²) in [6, 6.07) is 10.4. The van der Waals surface area contributed by atoms with Crippen LogP contribution in [0.3, 0.4) is 0 Å². The summed E-state index contributed by atoms with van der Waals surface area (Å²) in [5.41, 5.74) is 2.28. The Hall–Kier alpha value is -2.74. The van der Waals surface area contributed by atoms with Gasteiger partial charge in [-0.25, -0.2) is 12.8 Å². The van der Waals surface area contributed by atoms with Crippen LogP contribution < -0.4 is 10.2 Å². The third-order valence-electron chi connectivity index (χ3n) is 4.97. The molecule has 1 atom stereocenters. The van der Waals surface area contributed by atoms with Crippen molar-refractivity contribution in [1.82, 2.24) is 5.32 Å². The summed E-state index contributed by atoms with van der Waals surface area (Å²) in [4.78, 5) is 25.6. The van der Waals surface area contributed by atoms with E-state index in [1.54, 1.807) is 29.2 Å². The normalized spacial score (nSPS) is 15.8. The van der Waals surface area contributed by atoms with Crippen LogP contribution in [0.2, 0.25) is 0 Å². The number of anilines is 1. The van der Waals surface area contributed by atoms with Crippen LogP contribution in [0.1, 0.15) is 31.4 Å². The van der Waals surface area contributed by atoms with Gasteiger partial charge >= 0.3 is 0 Å². The average Bonchev–Trinajstić information content (AvgIpc) is 3.01. The van der Waals surface area contributed by atoms with E-state index in [1.165, 1.54) is 25.1 Å². The van der Waals surface area contributed by atoms with Crippen molar-refractivity contribution in [2.24, 2.45) is 0 Å². The summed E-state index contributed by atoms with van der Waals surface area (Å²) in [5.74, 6) is -1.14. The van der Waals surface area contributed by atoms with Gasteiger partial charge in [0.2, 0.25) is 11.8 Å². The molecule has 1 aliphatic rings. The second kappa shape index (κ2) is 8.32. The van der Waals surface area contributed by atoms with Crippen molar-refractivity contribution >= 4 is 27.3 Å². The van der Waals surface area contributed by atoms with Crippen LogP contribution in [0.15, 0.2) is 47.4 Å². The summed E-state index contributed by atoms with van der Waals surface area (Å²) in [7, 11) is -3.63. The van der Waals surface area contributed by atoms with Gasteiger partial charge in [-0.15, -0.1) is 0 Å². The maximum absolute atomic E-state index is 12.9. The van der Waals surface area contributed by atoms with Crippen molar-refractivity contribution in [3.8, 4) is 0 Å². The van der Waals surface area contributed by atoms with Gasteiger partial charge in [-0.05, 0) is 54.8 Å². The number of amides is 2. The van der Waals surface area contributed by atoms with Gasteiger partial charge in [-0.2, -0.15) is 0 Å². The van der Waals surface area contributed by atoms with Gasteiger partial charge < -0.3 is 10.2 Å². The molecular weight excluding hydrogens is 395 g/mol. The van der Waals surface area contributed by atoms with Gasteiger partial charge in [0.25, 0.3) is 0 Å². The summed E-state index contributed by atoms with van der Waals surface area (Å²) in [6.45, 7) is 3.61. The van der Waals surface area contributed by atoms with Crippen LogP contribution >= 0.6 is 0 Å². The Labute approximate surface area is 169 Å². The predicted octanol–water partition coefficient (Wildman–Crippen LogP) is 2.60. The highest BCUT2D eigenvalue weighted by atomic mass is 32.2. The Morgan fingerprint density at radius 2 is 1.86 bits per heavy atom. The quantitative estimate of drug-likeness (QED) is 0.782. The molecule has 0 saturated carbocycles. The molecule has 2 aromatic carbocycles. The minimum absolute atomic E-state index is 0.0160. The van der Waals surface area contributed by atoms with Gasteiger partial charge in [0.05, 0.1) is 10.6 Å². The Bertz CT molecular complexity index is 1040. The zero-order chi connectivity index (χ0) is 21.2. The molecule has 1 aliphatic heterocycles. The molecule has 0 aliphatic carbocycles. The second-order valence-corrected chi connectivity index (χ2v) is 9.31. The van der Waals surface area contributed by atoms with E-state index in [0.29, 0.717) is 6.42 Å². The minimum Gasteiger partial charge on any atom is -0.352 e. The van der Waals surface area contributed by atoms with E-state index in [9.17, 15) is 22.4 Å². The lowest BCUT2D eigenvalue weighted by Crippen LogP contribution is -2.33. The topological polar surface area (TPSA) is 83.6 Å². The first-order chi connectivity index (χ1) is 13.7. The highest BCUT2D eigenvalue weighted by Crippen LogP contribution is 2.34. The SMILES string of the molecule is CC(=O)N1c2ccc(S(=O)(=O)CCC(=O)NCc3ccc(F)cc3)cc2C[C@@H]1C. The van der Waals surface area contributed by atoms with Crippen molar-refractivity contribution in [2.75, 3.05) is 10.7 Å². The van der Waals surface area contributed by atoms with Gasteiger partial charge in [-0.1, -0.05) is 12.1 Å². The zero-order valence-corrected chi connectivity index (χ0v) is 17.1. The number of fused-ring (bicyclic) bond motifs is 1. The molecule has 3 rings (SSSR count). The molecule has 8 heteroatoms. The molecule has 0 aromatic heterocycles. The fourth-order valence-corrected chi connectivity index (χ4v) is 4.80. The van der Waals surface area contributed by atoms with Gasteiger partial charge in [0.1, 0.15) is 5.82 Å². The highest BCUT2D eigenvalue weighted by Gasteiger charge is 2.30. The third kappa shape index (κ3) is 4.82. The standard InChI is InChI=1S/C21H23FN2O4S/c1-14-11-17-12-19(7-8-20(17)24(14)15(2)25)29(27,28)10-9-21(26)23-13-16-3-5-18(22)6-4-16/h3-8,12,14H,9-11,13H2,1-2H3,(H,23,26)/t14-/m0/s1. The summed E-state index contributed by atoms with van der Waals surface area (Å²) in [6.07, 6.45) is 0.424. The van der Waals surface area contributed by atoms with E-state index < -0.39 is 15.7 Å². The molecule has 0 radical (unpaired) electrons. The largest absolute Gasteiger partial charge is 0.352 e. The van der Waals surface area contributed by atoms with Gasteiger partial charge in [0.15, 0.2) is 9.84 Å². The number of halogens is 1. The minimum atomic E-state index is -3.63. The Balaban J connectivity index is 1.61. The van der Waals surface area contributed by atoms with E-state index in [-0.39, 0.29) is 41.4 Å². The number of nitrogens with one attached hydrogen (secondary N) is 1. The van der Waals surface area contributed by atoms with E-state index in [2.05, 4.69) is 5.32 Å². The molecule has 0 bridgehead atoms. The lowest BCUT2D eigenvalue weighted by atomic mass is 10.1. The van der Waals surface area contributed by atoms with Gasteiger partial charge in [0, 0.05) is 31.6 Å². The molecule has 29 heavy (non-hydrogen) atoms. The maximum atomic E-state index is 12.9. The van der Waals surface area contributed by atoms with Crippen molar-refractivity contribution in [3.63, 3.8) is 0 Å². The number of nitrogens with zero attached hydrogens (tertiary/aromatic N) is 1. The third-order valence-corrected chi connectivity index (χ3v) is 6.68. The molecule has 154 valence electrons. The van der Waals surface area contributed by atoms with Crippen LogP contribution in [0.5, 0.6) is 0 Å². The molecule has 2 aromatic rings.